The Morgan fingerprint density at radius 2 is 1.80 bits per heavy atom. The Kier molecular flexibility index (Phi) is 6.77. The number of pyridine rings is 1. The number of carbonyl (C=O) groups excluding carboxylic acids is 1. The summed E-state index contributed by atoms with van der Waals surface area (Å²) in [6, 6.07) is 16.3. The number of amides is 1. The van der Waals surface area contributed by atoms with E-state index in [0.29, 0.717) is 10.8 Å². The van der Waals surface area contributed by atoms with E-state index in [-0.39, 0.29) is 22.6 Å². The Balaban J connectivity index is 1.24. The summed E-state index contributed by atoms with van der Waals surface area (Å²) in [5, 5.41) is 13.1. The molecule has 0 unspecified atom stereocenters. The summed E-state index contributed by atoms with van der Waals surface area (Å²) in [7, 11) is -3.57. The molecule has 0 saturated heterocycles. The highest BCUT2D eigenvalue weighted by atomic mass is 32.2. The van der Waals surface area contributed by atoms with Crippen LogP contribution in [-0.4, -0.2) is 40.7 Å². The van der Waals surface area contributed by atoms with Gasteiger partial charge in [-0.2, -0.15) is 0 Å². The van der Waals surface area contributed by atoms with Gasteiger partial charge in [-0.3, -0.25) is 9.20 Å². The van der Waals surface area contributed by atoms with Gasteiger partial charge in [0.25, 0.3) is 0 Å². The van der Waals surface area contributed by atoms with Gasteiger partial charge in [-0.25, -0.2) is 13.1 Å². The molecule has 4 aromatic rings. The van der Waals surface area contributed by atoms with E-state index < -0.39 is 10.0 Å². The number of rotatable bonds is 7. The van der Waals surface area contributed by atoms with Crippen molar-refractivity contribution in [2.24, 2.45) is 0 Å². The number of hydrogen-bond acceptors (Lipinski definition) is 6. The van der Waals surface area contributed by atoms with Crippen LogP contribution in [0.5, 0.6) is 0 Å². The van der Waals surface area contributed by atoms with E-state index in [1.807, 2.05) is 35.6 Å². The Labute approximate surface area is 208 Å². The summed E-state index contributed by atoms with van der Waals surface area (Å²) in [4.78, 5) is 12.8. The average molecular weight is 510 g/mol. The van der Waals surface area contributed by atoms with Gasteiger partial charge in [-0.15, -0.1) is 10.2 Å². The second kappa shape index (κ2) is 9.96. The number of thioether (sulfide) groups is 1. The lowest BCUT2D eigenvalue weighted by Crippen LogP contribution is -2.36. The molecule has 5 rings (SSSR count). The van der Waals surface area contributed by atoms with Crippen LogP contribution in [0, 0.1) is 6.92 Å². The van der Waals surface area contributed by atoms with E-state index in [0.717, 1.165) is 54.2 Å². The first-order chi connectivity index (χ1) is 16.9. The number of fused-ring (bicyclic) bond motifs is 3. The smallest absolute Gasteiger partial charge is 0.240 e. The molecule has 1 aliphatic carbocycles. The topological polar surface area (TPSA) is 105 Å². The average Bonchev–Trinajstić information content (AvgIpc) is 3.29. The largest absolute Gasteiger partial charge is 0.325 e. The van der Waals surface area contributed by atoms with Crippen LogP contribution in [0.15, 0.2) is 64.6 Å². The third-order valence-corrected chi connectivity index (χ3v) is 8.71. The van der Waals surface area contributed by atoms with Crippen molar-refractivity contribution >= 4 is 49.9 Å². The first-order valence-electron chi connectivity index (χ1n) is 11.7. The second-order valence-electron chi connectivity index (χ2n) is 8.85. The van der Waals surface area contributed by atoms with Crippen molar-refractivity contribution in [1.29, 1.82) is 0 Å². The maximum atomic E-state index is 12.7. The SMILES string of the molecule is Cc1cc2ccccc2n2c(SCC(=O)Nc3ccc(S(=O)(=O)NC4CCCCC4)cc3)nnc12. The van der Waals surface area contributed by atoms with E-state index in [1.165, 1.54) is 23.9 Å². The van der Waals surface area contributed by atoms with Gasteiger partial charge >= 0.3 is 0 Å². The van der Waals surface area contributed by atoms with Crippen molar-refractivity contribution in [2.45, 2.75) is 55.1 Å². The Morgan fingerprint density at radius 1 is 1.06 bits per heavy atom. The third-order valence-electron chi connectivity index (χ3n) is 6.24. The van der Waals surface area contributed by atoms with Crippen molar-refractivity contribution in [3.63, 3.8) is 0 Å². The van der Waals surface area contributed by atoms with Crippen LogP contribution in [0.25, 0.3) is 16.6 Å². The zero-order chi connectivity index (χ0) is 24.4. The van der Waals surface area contributed by atoms with E-state index in [9.17, 15) is 13.2 Å². The number of hydrogen-bond donors (Lipinski definition) is 2. The maximum Gasteiger partial charge on any atom is 0.240 e. The minimum absolute atomic E-state index is 0.000649. The molecule has 8 nitrogen and oxygen atoms in total. The van der Waals surface area contributed by atoms with Crippen LogP contribution >= 0.6 is 11.8 Å². The summed E-state index contributed by atoms with van der Waals surface area (Å²) >= 11 is 1.31. The monoisotopic (exact) mass is 509 g/mol. The number of para-hydroxylation sites is 1. The fourth-order valence-electron chi connectivity index (χ4n) is 4.50. The van der Waals surface area contributed by atoms with Gasteiger partial charge < -0.3 is 5.32 Å². The number of benzene rings is 2. The van der Waals surface area contributed by atoms with Crippen molar-refractivity contribution in [3.05, 3.63) is 60.2 Å². The summed E-state index contributed by atoms with van der Waals surface area (Å²) in [6.45, 7) is 1.99. The van der Waals surface area contributed by atoms with E-state index in [1.54, 1.807) is 12.1 Å². The minimum Gasteiger partial charge on any atom is -0.325 e. The Morgan fingerprint density at radius 3 is 2.57 bits per heavy atom. The van der Waals surface area contributed by atoms with E-state index in [4.69, 9.17) is 0 Å². The molecule has 0 radical (unpaired) electrons. The number of aromatic nitrogens is 3. The highest BCUT2D eigenvalue weighted by Gasteiger charge is 2.22. The molecule has 2 N–H and O–H groups in total. The first-order valence-corrected chi connectivity index (χ1v) is 14.2. The van der Waals surface area contributed by atoms with Gasteiger partial charge in [-0.1, -0.05) is 49.2 Å². The maximum absolute atomic E-state index is 12.7. The molecule has 1 fully saturated rings. The predicted octanol–water partition coefficient (Wildman–Crippen LogP) is 4.53. The summed E-state index contributed by atoms with van der Waals surface area (Å²) < 4.78 is 30.1. The van der Waals surface area contributed by atoms with Crippen LogP contribution in [0.3, 0.4) is 0 Å². The number of carbonyl (C=O) groups is 1. The van der Waals surface area contributed by atoms with Gasteiger partial charge in [0.1, 0.15) is 0 Å². The number of nitrogens with one attached hydrogen (secondary N) is 2. The van der Waals surface area contributed by atoms with E-state index >= 15 is 0 Å². The minimum atomic E-state index is -3.57. The van der Waals surface area contributed by atoms with Crippen molar-refractivity contribution in [3.8, 4) is 0 Å². The molecule has 2 aromatic carbocycles. The van der Waals surface area contributed by atoms with Crippen molar-refractivity contribution < 1.29 is 13.2 Å². The fraction of sp³-hybridized carbons (Fsp3) is 0.320. The lowest BCUT2D eigenvalue weighted by molar-refractivity contribution is -0.113. The molecule has 1 aliphatic rings. The van der Waals surface area contributed by atoms with Crippen molar-refractivity contribution in [2.75, 3.05) is 11.1 Å². The Hall–Kier alpha value is -2.95. The molecule has 2 aromatic heterocycles. The molecule has 2 heterocycles. The van der Waals surface area contributed by atoms with Crippen LogP contribution in [0.4, 0.5) is 5.69 Å². The summed E-state index contributed by atoms with van der Waals surface area (Å²) in [5.74, 6) is -0.0635. The normalized spacial score (nSPS) is 15.0. The molecule has 10 heteroatoms. The lowest BCUT2D eigenvalue weighted by Gasteiger charge is -2.22. The summed E-state index contributed by atoms with van der Waals surface area (Å²) in [6.07, 6.45) is 5.02. The van der Waals surface area contributed by atoms with Crippen LogP contribution in [0.2, 0.25) is 0 Å². The molecular formula is C25H27N5O3S2. The number of anilines is 1. The summed E-state index contributed by atoms with van der Waals surface area (Å²) in [5.41, 5.74) is 3.31. The van der Waals surface area contributed by atoms with Gasteiger partial charge in [0, 0.05) is 11.7 Å². The van der Waals surface area contributed by atoms with Gasteiger partial charge in [0.05, 0.1) is 16.2 Å². The standard InChI is InChI=1S/C25H27N5O3S2/c1-17-15-18-7-5-6-10-22(18)30-24(17)27-28-25(30)34-16-23(31)26-19-11-13-21(14-12-19)35(32,33)29-20-8-3-2-4-9-20/h5-7,10-15,20,29H,2-4,8-9,16H2,1H3,(H,26,31). The van der Waals surface area contributed by atoms with Gasteiger partial charge in [0.2, 0.25) is 15.9 Å². The third kappa shape index (κ3) is 5.19. The first kappa shape index (κ1) is 23.8. The van der Waals surface area contributed by atoms with Crippen LogP contribution < -0.4 is 10.0 Å². The highest BCUT2D eigenvalue weighted by Crippen LogP contribution is 2.26. The molecule has 0 atom stereocenters. The van der Waals surface area contributed by atoms with Gasteiger partial charge in [-0.05, 0) is 67.1 Å². The van der Waals surface area contributed by atoms with Crippen molar-refractivity contribution in [1.82, 2.24) is 19.3 Å². The second-order valence-corrected chi connectivity index (χ2v) is 11.5. The molecule has 0 bridgehead atoms. The Bertz CT molecular complexity index is 1480. The lowest BCUT2D eigenvalue weighted by atomic mass is 9.96. The molecule has 0 aliphatic heterocycles. The zero-order valence-corrected chi connectivity index (χ0v) is 21.0. The molecule has 1 saturated carbocycles. The number of aryl methyl sites for hydroxylation is 1. The number of nitrogens with zero attached hydrogens (tertiary/aromatic N) is 3. The fourth-order valence-corrected chi connectivity index (χ4v) is 6.55. The molecule has 182 valence electrons. The predicted molar refractivity (Wildman–Crippen MR) is 138 cm³/mol. The number of sulfonamides is 1. The van der Waals surface area contributed by atoms with Crippen LogP contribution in [0.1, 0.15) is 37.7 Å². The molecule has 0 spiro atoms. The molecular weight excluding hydrogens is 482 g/mol. The van der Waals surface area contributed by atoms with E-state index in [2.05, 4.69) is 26.3 Å². The van der Waals surface area contributed by atoms with Crippen LogP contribution in [-0.2, 0) is 14.8 Å². The van der Waals surface area contributed by atoms with Gasteiger partial charge in [0.15, 0.2) is 10.8 Å². The quantitative estimate of drug-likeness (QED) is 0.355. The highest BCUT2D eigenvalue weighted by molar-refractivity contribution is 7.99. The zero-order valence-electron chi connectivity index (χ0n) is 19.4. The molecule has 35 heavy (non-hydrogen) atoms. The molecule has 1 amide bonds.